The molecule has 7 aliphatic rings. The lowest BCUT2D eigenvalue weighted by Gasteiger charge is -2.48. The van der Waals surface area contributed by atoms with Gasteiger partial charge in [0.25, 0.3) is 0 Å². The molecule has 5 aliphatic carbocycles. The molecule has 2 aliphatic heterocycles. The minimum absolute atomic E-state index is 0.157. The van der Waals surface area contributed by atoms with E-state index in [1.165, 1.54) is 6.42 Å². The van der Waals surface area contributed by atoms with Crippen molar-refractivity contribution in [1.82, 2.24) is 0 Å². The Hall–Kier alpha value is -0.120. The minimum Gasteiger partial charge on any atom is -0.396 e. The van der Waals surface area contributed by atoms with Gasteiger partial charge in [0.1, 0.15) is 0 Å². The summed E-state index contributed by atoms with van der Waals surface area (Å²) in [5.41, 5.74) is 0.315. The fourth-order valence-electron chi connectivity index (χ4n) is 8.99. The first-order chi connectivity index (χ1) is 9.80. The van der Waals surface area contributed by atoms with Gasteiger partial charge in [-0.1, -0.05) is 0 Å². The molecule has 3 nitrogen and oxygen atoms in total. The predicted molar refractivity (Wildman–Crippen MR) is 71.7 cm³/mol. The Kier molecular flexibility index (Phi) is 1.79. The second-order valence-electron chi connectivity index (χ2n) is 8.49. The molecule has 7 fully saturated rings. The molecule has 2 heterocycles. The number of hydrogen-bond donors (Lipinski definition) is 2. The molecule has 110 valence electrons. The van der Waals surface area contributed by atoms with E-state index < -0.39 is 0 Å². The lowest BCUT2D eigenvalue weighted by atomic mass is 9.53. The first kappa shape index (κ1) is 11.4. The smallest absolute Gasteiger partial charge is 0.0760 e. The minimum atomic E-state index is 0.157. The maximum atomic E-state index is 9.29. The van der Waals surface area contributed by atoms with Crippen molar-refractivity contribution in [1.29, 1.82) is 0 Å². The molecule has 0 aromatic heterocycles. The van der Waals surface area contributed by atoms with Crippen LogP contribution in [-0.4, -0.2) is 34.6 Å². The lowest BCUT2D eigenvalue weighted by Crippen LogP contribution is -2.51. The van der Waals surface area contributed by atoms with Gasteiger partial charge in [0, 0.05) is 13.2 Å². The quantitative estimate of drug-likeness (QED) is 0.771. The highest BCUT2D eigenvalue weighted by Crippen LogP contribution is 2.94. The van der Waals surface area contributed by atoms with Gasteiger partial charge in [-0.15, -0.1) is 0 Å². The third-order valence-electron chi connectivity index (χ3n) is 8.59. The van der Waals surface area contributed by atoms with Crippen LogP contribution in [-0.2, 0) is 4.74 Å². The van der Waals surface area contributed by atoms with Gasteiger partial charge in [-0.25, -0.2) is 0 Å². The van der Waals surface area contributed by atoms with Crippen LogP contribution >= 0.6 is 0 Å². The van der Waals surface area contributed by atoms with E-state index in [9.17, 15) is 10.2 Å². The van der Waals surface area contributed by atoms with Crippen LogP contribution in [0.15, 0.2) is 0 Å². The van der Waals surface area contributed by atoms with E-state index >= 15 is 0 Å². The Balaban J connectivity index is 1.47. The molecular weight excluding hydrogens is 252 g/mol. The first-order valence-corrected chi connectivity index (χ1v) is 8.72. The van der Waals surface area contributed by atoms with Crippen LogP contribution in [0.1, 0.15) is 32.1 Å². The summed E-state index contributed by atoms with van der Waals surface area (Å²) in [6, 6.07) is 0. The van der Waals surface area contributed by atoms with Crippen molar-refractivity contribution in [2.45, 2.75) is 43.3 Å². The second kappa shape index (κ2) is 3.13. The third-order valence-corrected chi connectivity index (χ3v) is 8.59. The molecule has 5 saturated carbocycles. The van der Waals surface area contributed by atoms with Gasteiger partial charge >= 0.3 is 0 Å². The molecule has 7 rings (SSSR count). The van der Waals surface area contributed by atoms with Gasteiger partial charge in [-0.05, 0) is 79.4 Å². The Bertz CT molecular complexity index is 447. The molecule has 0 aromatic carbocycles. The zero-order chi connectivity index (χ0) is 13.3. The summed E-state index contributed by atoms with van der Waals surface area (Å²) < 4.78 is 6.93. The fraction of sp³-hybridized carbons (Fsp3) is 1.00. The van der Waals surface area contributed by atoms with Crippen LogP contribution < -0.4 is 0 Å². The van der Waals surface area contributed by atoms with Crippen LogP contribution in [0.2, 0.25) is 0 Å². The summed E-state index contributed by atoms with van der Waals surface area (Å²) in [5.74, 6) is 7.22. The molecule has 2 N–H and O–H groups in total. The standard InChI is InChI=1S/C17H24O3/c18-5-1-3-16-12-8-7-9-11-10(8)14(16)15(11)17(20-16,13(9)12)4-2-6-19/h8-15,18-19H,1-7H2. The van der Waals surface area contributed by atoms with Crippen molar-refractivity contribution in [3.8, 4) is 0 Å². The highest BCUT2D eigenvalue weighted by atomic mass is 16.5. The maximum absolute atomic E-state index is 9.29. The number of aliphatic hydroxyl groups is 2. The van der Waals surface area contributed by atoms with Gasteiger partial charge in [-0.2, -0.15) is 0 Å². The summed E-state index contributed by atoms with van der Waals surface area (Å²) in [4.78, 5) is 0. The van der Waals surface area contributed by atoms with Crippen molar-refractivity contribution >= 4 is 0 Å². The maximum Gasteiger partial charge on any atom is 0.0760 e. The summed E-state index contributed by atoms with van der Waals surface area (Å²) in [6.07, 6.45) is 5.51. The average Bonchev–Trinajstić information content (AvgIpc) is 3.05. The van der Waals surface area contributed by atoms with E-state index in [0.29, 0.717) is 13.2 Å². The topological polar surface area (TPSA) is 49.7 Å². The first-order valence-electron chi connectivity index (χ1n) is 8.72. The largest absolute Gasteiger partial charge is 0.396 e. The molecule has 3 heteroatoms. The van der Waals surface area contributed by atoms with Crippen molar-refractivity contribution in [3.63, 3.8) is 0 Å². The number of hydrogen-bond acceptors (Lipinski definition) is 3. The van der Waals surface area contributed by atoms with Crippen LogP contribution in [0.4, 0.5) is 0 Å². The summed E-state index contributed by atoms with van der Waals surface area (Å²) in [7, 11) is 0. The molecule has 0 radical (unpaired) electrons. The number of rotatable bonds is 6. The molecular formula is C17H24O3. The summed E-state index contributed by atoms with van der Waals surface area (Å²) >= 11 is 0. The number of ether oxygens (including phenoxy) is 1. The fourth-order valence-corrected chi connectivity index (χ4v) is 8.99. The van der Waals surface area contributed by atoms with Gasteiger partial charge in [0.05, 0.1) is 11.2 Å². The summed E-state index contributed by atoms with van der Waals surface area (Å²) in [5, 5.41) is 18.6. The van der Waals surface area contributed by atoms with Crippen molar-refractivity contribution in [2.24, 2.45) is 47.3 Å². The van der Waals surface area contributed by atoms with E-state index in [-0.39, 0.29) is 11.2 Å². The van der Waals surface area contributed by atoms with Crippen LogP contribution in [0.3, 0.4) is 0 Å². The molecule has 10 atom stereocenters. The van der Waals surface area contributed by atoms with Gasteiger partial charge in [-0.3, -0.25) is 0 Å². The molecule has 2 saturated heterocycles. The third kappa shape index (κ3) is 0.798. The Morgan fingerprint density at radius 2 is 1.30 bits per heavy atom. The van der Waals surface area contributed by atoms with Crippen LogP contribution in [0.25, 0.3) is 0 Å². The zero-order valence-electron chi connectivity index (χ0n) is 11.9. The molecule has 4 bridgehead atoms. The van der Waals surface area contributed by atoms with E-state index in [1.54, 1.807) is 0 Å². The zero-order valence-corrected chi connectivity index (χ0v) is 11.9. The predicted octanol–water partition coefficient (Wildman–Crippen LogP) is 1.43. The van der Waals surface area contributed by atoms with Crippen LogP contribution in [0, 0.1) is 47.3 Å². The van der Waals surface area contributed by atoms with Crippen molar-refractivity contribution < 1.29 is 14.9 Å². The molecule has 0 amide bonds. The Labute approximate surface area is 119 Å². The lowest BCUT2D eigenvalue weighted by molar-refractivity contribution is -0.0834. The van der Waals surface area contributed by atoms with Gasteiger partial charge < -0.3 is 14.9 Å². The molecule has 10 unspecified atom stereocenters. The SMILES string of the molecule is OCCCC12OC3(CCCO)C4C5CC(C6C5C3C61)C42. The van der Waals surface area contributed by atoms with Crippen molar-refractivity contribution in [2.75, 3.05) is 13.2 Å². The highest BCUT2D eigenvalue weighted by Gasteiger charge is 2.96. The molecule has 20 heavy (non-hydrogen) atoms. The summed E-state index contributed by atoms with van der Waals surface area (Å²) in [6.45, 7) is 0.622. The Morgan fingerprint density at radius 1 is 0.800 bits per heavy atom. The highest BCUT2D eigenvalue weighted by molar-refractivity contribution is 5.43. The van der Waals surface area contributed by atoms with Crippen LogP contribution in [0.5, 0.6) is 0 Å². The molecule has 0 aromatic rings. The van der Waals surface area contributed by atoms with Crippen molar-refractivity contribution in [3.05, 3.63) is 0 Å². The van der Waals surface area contributed by atoms with Gasteiger partial charge in [0.2, 0.25) is 0 Å². The van der Waals surface area contributed by atoms with E-state index in [1.807, 2.05) is 0 Å². The monoisotopic (exact) mass is 276 g/mol. The second-order valence-corrected chi connectivity index (χ2v) is 8.49. The average molecular weight is 276 g/mol. The van der Waals surface area contributed by atoms with Gasteiger partial charge in [0.15, 0.2) is 0 Å². The van der Waals surface area contributed by atoms with E-state index in [0.717, 1.165) is 73.0 Å². The van der Waals surface area contributed by atoms with E-state index in [2.05, 4.69) is 0 Å². The molecule has 0 spiro atoms. The normalized spacial score (nSPS) is 68.7. The number of aliphatic hydroxyl groups excluding tert-OH is 2. The Morgan fingerprint density at radius 3 is 1.75 bits per heavy atom. The van der Waals surface area contributed by atoms with E-state index in [4.69, 9.17) is 4.74 Å².